The zero-order chi connectivity index (χ0) is 15.6. The Morgan fingerprint density at radius 2 is 2.14 bits per heavy atom. The van der Waals surface area contributed by atoms with Gasteiger partial charge in [-0.3, -0.25) is 4.68 Å². The van der Waals surface area contributed by atoms with Crippen LogP contribution in [0.1, 0.15) is 34.2 Å². The van der Waals surface area contributed by atoms with E-state index in [0.717, 1.165) is 27.8 Å². The van der Waals surface area contributed by atoms with Crippen molar-refractivity contribution in [1.82, 2.24) is 9.78 Å². The number of hydrogen-bond acceptors (Lipinski definition) is 3. The van der Waals surface area contributed by atoms with Gasteiger partial charge in [0, 0.05) is 11.5 Å². The number of aromatic nitrogens is 2. The molecule has 0 unspecified atom stereocenters. The van der Waals surface area contributed by atoms with Crippen LogP contribution in [-0.4, -0.2) is 20.9 Å². The van der Waals surface area contributed by atoms with Crippen LogP contribution in [0.5, 0.6) is 5.75 Å². The van der Waals surface area contributed by atoms with Gasteiger partial charge in [-0.1, -0.05) is 22.9 Å². The Bertz CT molecular complexity index is 680. The van der Waals surface area contributed by atoms with Gasteiger partial charge in [0.2, 0.25) is 0 Å². The molecule has 0 bridgehead atoms. The second-order valence-corrected chi connectivity index (χ2v) is 5.71. The molecule has 0 aliphatic heterocycles. The first-order chi connectivity index (χ1) is 9.92. The molecule has 6 heteroatoms. The number of carbonyl (C=O) groups is 1. The molecule has 0 fully saturated rings. The number of halogens is 1. The molecule has 112 valence electrons. The lowest BCUT2D eigenvalue weighted by Crippen LogP contribution is -2.08. The van der Waals surface area contributed by atoms with Gasteiger partial charge in [-0.15, -0.1) is 0 Å². The Hall–Kier alpha value is -1.82. The summed E-state index contributed by atoms with van der Waals surface area (Å²) in [5.41, 5.74) is 2.83. The summed E-state index contributed by atoms with van der Waals surface area (Å²) in [6, 6.07) is 5.35. The number of aryl methyl sites for hydroxylation is 3. The molecule has 0 saturated heterocycles. The fourth-order valence-corrected chi connectivity index (χ4v) is 2.68. The molecule has 0 amide bonds. The molecule has 0 radical (unpaired) electrons. The topological polar surface area (TPSA) is 64.3 Å². The van der Waals surface area contributed by atoms with Crippen molar-refractivity contribution >= 4 is 21.9 Å². The zero-order valence-corrected chi connectivity index (χ0v) is 13.8. The van der Waals surface area contributed by atoms with E-state index >= 15 is 0 Å². The Kier molecular flexibility index (Phi) is 4.67. The van der Waals surface area contributed by atoms with Crippen LogP contribution >= 0.6 is 15.9 Å². The van der Waals surface area contributed by atoms with Crippen LogP contribution < -0.4 is 4.74 Å². The predicted octanol–water partition coefficient (Wildman–Crippen LogP) is 3.33. The minimum Gasteiger partial charge on any atom is -0.486 e. The number of benzene rings is 1. The highest BCUT2D eigenvalue weighted by Gasteiger charge is 2.16. The molecule has 5 nitrogen and oxygen atoms in total. The summed E-state index contributed by atoms with van der Waals surface area (Å²) in [6.07, 6.45) is 0.853. The van der Waals surface area contributed by atoms with Crippen molar-refractivity contribution in [3.8, 4) is 5.75 Å². The van der Waals surface area contributed by atoms with Crippen molar-refractivity contribution in [3.05, 3.63) is 45.2 Å². The summed E-state index contributed by atoms with van der Waals surface area (Å²) >= 11 is 3.30. The van der Waals surface area contributed by atoms with Crippen LogP contribution in [0.25, 0.3) is 0 Å². The van der Waals surface area contributed by atoms with Gasteiger partial charge in [0.25, 0.3) is 0 Å². The lowest BCUT2D eigenvalue weighted by Gasteiger charge is -2.12. The van der Waals surface area contributed by atoms with Gasteiger partial charge in [-0.2, -0.15) is 5.10 Å². The maximum Gasteiger partial charge on any atom is 0.339 e. The first-order valence-corrected chi connectivity index (χ1v) is 7.39. The fourth-order valence-electron chi connectivity index (χ4n) is 2.11. The standard InChI is InChI=1S/C15H17BrN2O3/c1-4-11-7-12(18(3)17-11)8-21-14-9(2)5-10(16)6-13(14)15(19)20/h5-7H,4,8H2,1-3H3,(H,19,20). The van der Waals surface area contributed by atoms with Crippen LogP contribution in [0, 0.1) is 6.92 Å². The van der Waals surface area contributed by atoms with Gasteiger partial charge in [-0.25, -0.2) is 4.79 Å². The molecule has 0 saturated carbocycles. The van der Waals surface area contributed by atoms with E-state index in [1.165, 1.54) is 0 Å². The first kappa shape index (κ1) is 15.6. The molecule has 0 spiro atoms. The van der Waals surface area contributed by atoms with Crippen molar-refractivity contribution in [1.29, 1.82) is 0 Å². The normalized spacial score (nSPS) is 10.7. The average Bonchev–Trinajstić information content (AvgIpc) is 2.77. The third-order valence-electron chi connectivity index (χ3n) is 3.22. The summed E-state index contributed by atoms with van der Waals surface area (Å²) in [6.45, 7) is 4.15. The number of rotatable bonds is 5. The summed E-state index contributed by atoms with van der Waals surface area (Å²) in [5, 5.41) is 13.6. The highest BCUT2D eigenvalue weighted by Crippen LogP contribution is 2.29. The van der Waals surface area contributed by atoms with E-state index in [0.29, 0.717) is 5.75 Å². The molecule has 0 aliphatic carbocycles. The zero-order valence-electron chi connectivity index (χ0n) is 12.2. The lowest BCUT2D eigenvalue weighted by molar-refractivity contribution is 0.0691. The van der Waals surface area contributed by atoms with Crippen molar-refractivity contribution in [2.45, 2.75) is 26.9 Å². The monoisotopic (exact) mass is 352 g/mol. The van der Waals surface area contributed by atoms with Crippen LogP contribution in [0.3, 0.4) is 0 Å². The van der Waals surface area contributed by atoms with E-state index in [-0.39, 0.29) is 12.2 Å². The predicted molar refractivity (Wildman–Crippen MR) is 82.8 cm³/mol. The molecule has 0 aliphatic rings. The quantitative estimate of drug-likeness (QED) is 0.896. The molecule has 2 rings (SSSR count). The van der Waals surface area contributed by atoms with Crippen LogP contribution in [0.2, 0.25) is 0 Å². The fraction of sp³-hybridized carbons (Fsp3) is 0.333. The van der Waals surface area contributed by atoms with Gasteiger partial charge in [0.15, 0.2) is 0 Å². The lowest BCUT2D eigenvalue weighted by atomic mass is 10.1. The average molecular weight is 353 g/mol. The van der Waals surface area contributed by atoms with Crippen molar-refractivity contribution in [2.75, 3.05) is 0 Å². The second kappa shape index (κ2) is 6.30. The van der Waals surface area contributed by atoms with Gasteiger partial charge in [0.05, 0.1) is 11.4 Å². The molecule has 1 heterocycles. The van der Waals surface area contributed by atoms with Gasteiger partial charge < -0.3 is 9.84 Å². The maximum atomic E-state index is 11.3. The maximum absolute atomic E-state index is 11.3. The summed E-state index contributed by atoms with van der Waals surface area (Å²) < 4.78 is 8.22. The van der Waals surface area contributed by atoms with Crippen LogP contribution in [-0.2, 0) is 20.1 Å². The molecular formula is C15H17BrN2O3. The van der Waals surface area contributed by atoms with Crippen molar-refractivity contribution in [3.63, 3.8) is 0 Å². The summed E-state index contributed by atoms with van der Waals surface area (Å²) in [4.78, 5) is 11.3. The number of nitrogens with zero attached hydrogens (tertiary/aromatic N) is 2. The largest absolute Gasteiger partial charge is 0.486 e. The van der Waals surface area contributed by atoms with E-state index in [4.69, 9.17) is 4.74 Å². The highest BCUT2D eigenvalue weighted by atomic mass is 79.9. The Labute approximate surface area is 131 Å². The number of carboxylic acids is 1. The molecule has 1 aromatic carbocycles. The van der Waals surface area contributed by atoms with E-state index in [9.17, 15) is 9.90 Å². The van der Waals surface area contributed by atoms with E-state index in [1.807, 2.05) is 33.0 Å². The molecular weight excluding hydrogens is 336 g/mol. The summed E-state index contributed by atoms with van der Waals surface area (Å²) in [7, 11) is 1.85. The second-order valence-electron chi connectivity index (χ2n) is 4.80. The van der Waals surface area contributed by atoms with Crippen LogP contribution in [0.15, 0.2) is 22.7 Å². The Balaban J connectivity index is 2.27. The molecule has 1 aromatic heterocycles. The minimum atomic E-state index is -1.01. The first-order valence-electron chi connectivity index (χ1n) is 6.60. The molecule has 21 heavy (non-hydrogen) atoms. The van der Waals surface area contributed by atoms with Crippen molar-refractivity contribution in [2.24, 2.45) is 7.05 Å². The van der Waals surface area contributed by atoms with E-state index < -0.39 is 5.97 Å². The Morgan fingerprint density at radius 3 is 2.71 bits per heavy atom. The SMILES string of the molecule is CCc1cc(COc2c(C)cc(Br)cc2C(=O)O)n(C)n1. The van der Waals surface area contributed by atoms with Crippen molar-refractivity contribution < 1.29 is 14.6 Å². The number of ether oxygens (including phenoxy) is 1. The van der Waals surface area contributed by atoms with Gasteiger partial charge >= 0.3 is 5.97 Å². The number of carboxylic acid groups (broad SMARTS) is 1. The molecule has 2 aromatic rings. The highest BCUT2D eigenvalue weighted by molar-refractivity contribution is 9.10. The molecule has 0 atom stereocenters. The van der Waals surface area contributed by atoms with Gasteiger partial charge in [-0.05, 0) is 37.1 Å². The third-order valence-corrected chi connectivity index (χ3v) is 3.68. The molecule has 1 N–H and O–H groups in total. The minimum absolute atomic E-state index is 0.153. The van der Waals surface area contributed by atoms with Gasteiger partial charge in [0.1, 0.15) is 17.9 Å². The van der Waals surface area contributed by atoms with E-state index in [2.05, 4.69) is 21.0 Å². The number of hydrogen-bond donors (Lipinski definition) is 1. The smallest absolute Gasteiger partial charge is 0.339 e. The number of aromatic carboxylic acids is 1. The third kappa shape index (κ3) is 3.44. The van der Waals surface area contributed by atoms with Crippen LogP contribution in [0.4, 0.5) is 0 Å². The van der Waals surface area contributed by atoms with E-state index in [1.54, 1.807) is 10.7 Å². The Morgan fingerprint density at radius 1 is 1.43 bits per heavy atom. The summed E-state index contributed by atoms with van der Waals surface area (Å²) in [5.74, 6) is -0.612.